The number of methoxy groups -OCH3 is 1. The summed E-state index contributed by atoms with van der Waals surface area (Å²) in [4.78, 5) is 37.5. The summed E-state index contributed by atoms with van der Waals surface area (Å²) in [5.74, 6) is -1.81. The number of nitrogens with one attached hydrogen (secondary N) is 2. The van der Waals surface area contributed by atoms with Crippen LogP contribution < -0.4 is 10.6 Å². The van der Waals surface area contributed by atoms with E-state index in [1.54, 1.807) is 6.92 Å². The molecule has 1 aliphatic heterocycles. The zero-order valence-electron chi connectivity index (χ0n) is 19.8. The van der Waals surface area contributed by atoms with Crippen molar-refractivity contribution < 1.29 is 33.7 Å². The van der Waals surface area contributed by atoms with Crippen molar-refractivity contribution in [1.82, 2.24) is 10.6 Å². The molecule has 2 aliphatic rings. The van der Waals surface area contributed by atoms with Gasteiger partial charge in [0.1, 0.15) is 12.1 Å². The molecule has 0 spiro atoms. The molecule has 9 heteroatoms. The lowest BCUT2D eigenvalue weighted by atomic mass is 9.95. The highest BCUT2D eigenvalue weighted by Gasteiger charge is 2.43. The summed E-state index contributed by atoms with van der Waals surface area (Å²) in [6.07, 6.45) is -1.31. The van der Waals surface area contributed by atoms with Crippen molar-refractivity contribution in [3.63, 3.8) is 0 Å². The molecule has 186 valence electrons. The van der Waals surface area contributed by atoms with E-state index in [9.17, 15) is 19.5 Å². The average molecular weight is 483 g/mol. The Morgan fingerprint density at radius 3 is 2.29 bits per heavy atom. The Bertz CT molecular complexity index is 1060. The van der Waals surface area contributed by atoms with E-state index in [-0.39, 0.29) is 32.2 Å². The lowest BCUT2D eigenvalue weighted by Gasteiger charge is -2.33. The van der Waals surface area contributed by atoms with Gasteiger partial charge in [0.2, 0.25) is 5.91 Å². The SMILES string of the molecule is CCC(COC)(NC(=O)OCC1c2ccccc2-c2ccccc21)C(=O)N[C@@H]1CCO[C@@H]1C(=O)O. The van der Waals surface area contributed by atoms with Crippen LogP contribution in [0.3, 0.4) is 0 Å². The second-order valence-electron chi connectivity index (χ2n) is 8.82. The van der Waals surface area contributed by atoms with Gasteiger partial charge in [-0.25, -0.2) is 9.59 Å². The molecule has 1 fully saturated rings. The van der Waals surface area contributed by atoms with Gasteiger partial charge in [0.25, 0.3) is 0 Å². The fraction of sp³-hybridized carbons (Fsp3) is 0.423. The number of carbonyl (C=O) groups is 3. The number of fused-ring (bicyclic) bond motifs is 3. The maximum atomic E-state index is 13.2. The second kappa shape index (κ2) is 10.5. The van der Waals surface area contributed by atoms with E-state index < -0.39 is 35.7 Å². The van der Waals surface area contributed by atoms with E-state index in [1.807, 2.05) is 36.4 Å². The highest BCUT2D eigenvalue weighted by molar-refractivity contribution is 5.91. The number of aliphatic carboxylic acids is 1. The van der Waals surface area contributed by atoms with Crippen LogP contribution in [-0.4, -0.2) is 67.7 Å². The quantitative estimate of drug-likeness (QED) is 0.502. The van der Waals surface area contributed by atoms with Gasteiger partial charge >= 0.3 is 12.1 Å². The first kappa shape index (κ1) is 24.7. The first-order valence-corrected chi connectivity index (χ1v) is 11.7. The third-order valence-corrected chi connectivity index (χ3v) is 6.77. The van der Waals surface area contributed by atoms with Crippen molar-refractivity contribution in [3.05, 3.63) is 59.7 Å². The molecule has 2 amide bonds. The number of ether oxygens (including phenoxy) is 3. The maximum absolute atomic E-state index is 13.2. The Morgan fingerprint density at radius 1 is 1.09 bits per heavy atom. The molecule has 0 saturated carbocycles. The number of alkyl carbamates (subject to hydrolysis) is 1. The highest BCUT2D eigenvalue weighted by Crippen LogP contribution is 2.44. The molecule has 2 aromatic rings. The molecule has 0 radical (unpaired) electrons. The lowest BCUT2D eigenvalue weighted by Crippen LogP contribution is -2.63. The molecule has 1 heterocycles. The first-order valence-electron chi connectivity index (χ1n) is 11.7. The summed E-state index contributed by atoms with van der Waals surface area (Å²) in [5, 5.41) is 14.7. The van der Waals surface area contributed by atoms with Gasteiger partial charge in [-0.05, 0) is 35.1 Å². The Balaban J connectivity index is 1.46. The number of amides is 2. The number of carboxylic acid groups (broad SMARTS) is 1. The van der Waals surface area contributed by atoms with Crippen molar-refractivity contribution in [2.45, 2.75) is 43.4 Å². The van der Waals surface area contributed by atoms with E-state index in [1.165, 1.54) is 7.11 Å². The summed E-state index contributed by atoms with van der Waals surface area (Å²) in [6, 6.07) is 15.3. The van der Waals surface area contributed by atoms with Crippen LogP contribution >= 0.6 is 0 Å². The predicted octanol–water partition coefficient (Wildman–Crippen LogP) is 2.68. The number of carbonyl (C=O) groups excluding carboxylic acids is 2. The molecule has 4 rings (SSSR count). The molecule has 0 bridgehead atoms. The van der Waals surface area contributed by atoms with Gasteiger partial charge in [0.05, 0.1) is 12.6 Å². The Kier molecular flexibility index (Phi) is 7.37. The monoisotopic (exact) mass is 482 g/mol. The van der Waals surface area contributed by atoms with E-state index in [4.69, 9.17) is 14.2 Å². The Morgan fingerprint density at radius 2 is 1.71 bits per heavy atom. The van der Waals surface area contributed by atoms with Crippen LogP contribution in [-0.2, 0) is 23.8 Å². The molecular weight excluding hydrogens is 452 g/mol. The number of benzene rings is 2. The van der Waals surface area contributed by atoms with Gasteiger partial charge in [0.15, 0.2) is 6.10 Å². The highest BCUT2D eigenvalue weighted by atomic mass is 16.6. The topological polar surface area (TPSA) is 123 Å². The minimum atomic E-state index is -1.43. The minimum absolute atomic E-state index is 0.103. The Labute approximate surface area is 203 Å². The third kappa shape index (κ3) is 4.87. The van der Waals surface area contributed by atoms with Gasteiger partial charge < -0.3 is 30.0 Å². The lowest BCUT2D eigenvalue weighted by molar-refractivity contribution is -0.148. The second-order valence-corrected chi connectivity index (χ2v) is 8.82. The van der Waals surface area contributed by atoms with Crippen molar-refractivity contribution in [1.29, 1.82) is 0 Å². The molecule has 3 N–H and O–H groups in total. The summed E-state index contributed by atoms with van der Waals surface area (Å²) < 4.78 is 16.1. The largest absolute Gasteiger partial charge is 0.479 e. The van der Waals surface area contributed by atoms with Crippen LogP contribution in [0, 0.1) is 0 Å². The zero-order chi connectivity index (χ0) is 25.0. The predicted molar refractivity (Wildman–Crippen MR) is 127 cm³/mol. The molecule has 1 aliphatic carbocycles. The van der Waals surface area contributed by atoms with E-state index in [0.717, 1.165) is 22.3 Å². The van der Waals surface area contributed by atoms with Gasteiger partial charge in [-0.2, -0.15) is 0 Å². The molecule has 0 aromatic heterocycles. The van der Waals surface area contributed by atoms with Crippen molar-refractivity contribution in [2.75, 3.05) is 26.9 Å². The Hall–Kier alpha value is -3.43. The van der Waals surface area contributed by atoms with Crippen molar-refractivity contribution >= 4 is 18.0 Å². The molecule has 2 aromatic carbocycles. The minimum Gasteiger partial charge on any atom is -0.479 e. The van der Waals surface area contributed by atoms with Crippen molar-refractivity contribution in [2.24, 2.45) is 0 Å². The molecule has 3 atom stereocenters. The smallest absolute Gasteiger partial charge is 0.408 e. The van der Waals surface area contributed by atoms with Crippen molar-refractivity contribution in [3.8, 4) is 11.1 Å². The summed E-state index contributed by atoms with van der Waals surface area (Å²) in [6.45, 7) is 1.96. The number of hydrogen-bond acceptors (Lipinski definition) is 6. The summed E-state index contributed by atoms with van der Waals surface area (Å²) >= 11 is 0. The zero-order valence-corrected chi connectivity index (χ0v) is 19.8. The van der Waals surface area contributed by atoms with Crippen LogP contribution in [0.1, 0.15) is 36.8 Å². The van der Waals surface area contributed by atoms with Crippen LogP contribution in [0.2, 0.25) is 0 Å². The van der Waals surface area contributed by atoms with E-state index in [0.29, 0.717) is 6.42 Å². The molecule has 1 saturated heterocycles. The van der Waals surface area contributed by atoms with Gasteiger partial charge in [-0.15, -0.1) is 0 Å². The first-order chi connectivity index (χ1) is 16.9. The van der Waals surface area contributed by atoms with Crippen LogP contribution in [0.4, 0.5) is 4.79 Å². The fourth-order valence-electron chi connectivity index (χ4n) is 4.87. The fourth-order valence-corrected chi connectivity index (χ4v) is 4.87. The maximum Gasteiger partial charge on any atom is 0.408 e. The summed E-state index contributed by atoms with van der Waals surface area (Å²) in [7, 11) is 1.43. The van der Waals surface area contributed by atoms with Gasteiger partial charge in [0, 0.05) is 19.6 Å². The van der Waals surface area contributed by atoms with Crippen LogP contribution in [0.25, 0.3) is 11.1 Å². The van der Waals surface area contributed by atoms with Crippen LogP contribution in [0.5, 0.6) is 0 Å². The average Bonchev–Trinajstić information content (AvgIpc) is 3.45. The molecule has 1 unspecified atom stereocenters. The number of hydrogen-bond donors (Lipinski definition) is 3. The number of carboxylic acids is 1. The third-order valence-electron chi connectivity index (χ3n) is 6.77. The van der Waals surface area contributed by atoms with E-state index >= 15 is 0 Å². The van der Waals surface area contributed by atoms with Gasteiger partial charge in [-0.3, -0.25) is 4.79 Å². The molecular formula is C26H30N2O7. The molecule has 35 heavy (non-hydrogen) atoms. The number of rotatable bonds is 9. The van der Waals surface area contributed by atoms with Crippen LogP contribution in [0.15, 0.2) is 48.5 Å². The van der Waals surface area contributed by atoms with E-state index in [2.05, 4.69) is 22.8 Å². The normalized spacial score (nSPS) is 20.4. The standard InChI is InChI=1S/C26H30N2O7/c1-3-26(15-33-2,24(31)27-21-12-13-34-22(21)23(29)30)28-25(32)35-14-20-18-10-6-4-8-16(18)17-9-5-7-11-19(17)20/h4-11,20-22H,3,12-15H2,1-2H3,(H,27,31)(H,28,32)(H,29,30)/t21-,22+,26?/m1/s1. The summed E-state index contributed by atoms with van der Waals surface area (Å²) in [5.41, 5.74) is 2.97. The van der Waals surface area contributed by atoms with Gasteiger partial charge in [-0.1, -0.05) is 55.5 Å². The molecule has 9 nitrogen and oxygen atoms in total.